The zero-order chi connectivity index (χ0) is 14.0. The van der Waals surface area contributed by atoms with Gasteiger partial charge in [-0.2, -0.15) is 0 Å². The van der Waals surface area contributed by atoms with E-state index < -0.39 is 0 Å². The molecule has 5 heteroatoms. The third-order valence-corrected chi connectivity index (χ3v) is 3.65. The third kappa shape index (κ3) is 3.04. The highest BCUT2D eigenvalue weighted by Crippen LogP contribution is 2.22. The van der Waals surface area contributed by atoms with Gasteiger partial charge in [0.1, 0.15) is 0 Å². The summed E-state index contributed by atoms with van der Waals surface area (Å²) < 4.78 is 0. The van der Waals surface area contributed by atoms with Gasteiger partial charge in [0.15, 0.2) is 0 Å². The minimum atomic E-state index is -0.0393. The lowest BCUT2D eigenvalue weighted by atomic mass is 10.2. The number of aryl methyl sites for hydroxylation is 1. The van der Waals surface area contributed by atoms with Gasteiger partial charge in [0.2, 0.25) is 5.91 Å². The van der Waals surface area contributed by atoms with E-state index in [9.17, 15) is 4.79 Å². The minimum absolute atomic E-state index is 0.0382. The van der Waals surface area contributed by atoms with Crippen LogP contribution < -0.4 is 11.1 Å². The van der Waals surface area contributed by atoms with Gasteiger partial charge in [-0.25, -0.2) is 0 Å². The largest absolute Gasteiger partial charge is 0.397 e. The van der Waals surface area contributed by atoms with Crippen LogP contribution in [0.2, 0.25) is 0 Å². The minimum Gasteiger partial charge on any atom is -0.397 e. The average molecular weight is 262 g/mol. The highest BCUT2D eigenvalue weighted by molar-refractivity contribution is 5.95. The van der Waals surface area contributed by atoms with E-state index in [1.165, 1.54) is 0 Å². The number of carbonyl (C=O) groups excluding carboxylic acids is 1. The molecule has 1 amide bonds. The van der Waals surface area contributed by atoms with E-state index in [4.69, 9.17) is 5.73 Å². The van der Waals surface area contributed by atoms with Crippen LogP contribution in [0.15, 0.2) is 12.3 Å². The van der Waals surface area contributed by atoms with E-state index in [0.29, 0.717) is 17.4 Å². The van der Waals surface area contributed by atoms with Gasteiger partial charge in [0, 0.05) is 6.04 Å². The van der Waals surface area contributed by atoms with Crippen molar-refractivity contribution in [2.75, 3.05) is 17.6 Å². The standard InChI is InChI=1S/C14H22N4O/c1-9(2)18-6-4-5-13(18)14(19)17-11-7-12(15)10(3)16-8-11/h7-9,13H,4-6,15H2,1-3H3,(H,17,19)/t13-/m1/s1. The normalized spacial score (nSPS) is 19.9. The van der Waals surface area contributed by atoms with Crippen LogP contribution in [0.1, 0.15) is 32.4 Å². The molecule has 0 bridgehead atoms. The van der Waals surface area contributed by atoms with Crippen LogP contribution >= 0.6 is 0 Å². The summed E-state index contributed by atoms with van der Waals surface area (Å²) in [6, 6.07) is 2.11. The van der Waals surface area contributed by atoms with Crippen molar-refractivity contribution in [3.05, 3.63) is 18.0 Å². The first-order valence-corrected chi connectivity index (χ1v) is 6.77. The predicted molar refractivity (Wildman–Crippen MR) is 76.9 cm³/mol. The van der Waals surface area contributed by atoms with Crippen molar-refractivity contribution in [1.82, 2.24) is 9.88 Å². The average Bonchev–Trinajstić information content (AvgIpc) is 2.83. The summed E-state index contributed by atoms with van der Waals surface area (Å²) in [4.78, 5) is 18.7. The molecule has 1 aliphatic heterocycles. The molecule has 0 saturated carbocycles. The summed E-state index contributed by atoms with van der Waals surface area (Å²) in [6.07, 6.45) is 3.64. The Morgan fingerprint density at radius 3 is 2.95 bits per heavy atom. The molecule has 2 rings (SSSR count). The number of nitrogen functional groups attached to an aromatic ring is 1. The quantitative estimate of drug-likeness (QED) is 0.871. The maximum absolute atomic E-state index is 12.3. The Hall–Kier alpha value is -1.62. The number of aromatic nitrogens is 1. The lowest BCUT2D eigenvalue weighted by Gasteiger charge is -2.27. The Kier molecular flexibility index (Phi) is 4.04. The van der Waals surface area contributed by atoms with E-state index in [0.717, 1.165) is 25.1 Å². The molecule has 2 heterocycles. The molecule has 104 valence electrons. The van der Waals surface area contributed by atoms with Crippen molar-refractivity contribution < 1.29 is 4.79 Å². The summed E-state index contributed by atoms with van der Waals surface area (Å²) in [5, 5.41) is 2.91. The van der Waals surface area contributed by atoms with Crippen molar-refractivity contribution in [1.29, 1.82) is 0 Å². The van der Waals surface area contributed by atoms with Gasteiger partial charge in [-0.1, -0.05) is 0 Å². The van der Waals surface area contributed by atoms with Crippen LogP contribution in [0.25, 0.3) is 0 Å². The fraction of sp³-hybridized carbons (Fsp3) is 0.571. The summed E-state index contributed by atoms with van der Waals surface area (Å²) >= 11 is 0. The lowest BCUT2D eigenvalue weighted by molar-refractivity contribution is -0.120. The maximum atomic E-state index is 12.3. The summed E-state index contributed by atoms with van der Waals surface area (Å²) in [5.74, 6) is 0.0382. The Labute approximate surface area is 114 Å². The van der Waals surface area contributed by atoms with Gasteiger partial charge < -0.3 is 11.1 Å². The number of rotatable bonds is 3. The SMILES string of the molecule is Cc1ncc(NC(=O)[C@H]2CCCN2C(C)C)cc1N. The van der Waals surface area contributed by atoms with E-state index in [1.807, 2.05) is 6.92 Å². The number of amides is 1. The van der Waals surface area contributed by atoms with Crippen LogP contribution in [0.3, 0.4) is 0 Å². The molecule has 19 heavy (non-hydrogen) atoms. The first-order valence-electron chi connectivity index (χ1n) is 6.77. The number of anilines is 2. The zero-order valence-electron chi connectivity index (χ0n) is 11.8. The van der Waals surface area contributed by atoms with Crippen molar-refractivity contribution in [2.24, 2.45) is 0 Å². The second-order valence-electron chi connectivity index (χ2n) is 5.38. The van der Waals surface area contributed by atoms with Crippen LogP contribution in [0.5, 0.6) is 0 Å². The Morgan fingerprint density at radius 1 is 1.58 bits per heavy atom. The van der Waals surface area contributed by atoms with Crippen molar-refractivity contribution in [2.45, 2.75) is 45.7 Å². The topological polar surface area (TPSA) is 71.2 Å². The fourth-order valence-electron chi connectivity index (χ4n) is 2.53. The maximum Gasteiger partial charge on any atom is 0.241 e. The molecular weight excluding hydrogens is 240 g/mol. The van der Waals surface area contributed by atoms with Gasteiger partial charge in [-0.15, -0.1) is 0 Å². The molecule has 1 atom stereocenters. The number of hydrogen-bond donors (Lipinski definition) is 2. The van der Waals surface area contributed by atoms with Crippen LogP contribution in [-0.4, -0.2) is 34.4 Å². The van der Waals surface area contributed by atoms with Crippen LogP contribution in [-0.2, 0) is 4.79 Å². The molecule has 1 fully saturated rings. The molecule has 0 unspecified atom stereocenters. The zero-order valence-corrected chi connectivity index (χ0v) is 11.8. The van der Waals surface area contributed by atoms with Gasteiger partial charge in [0.05, 0.1) is 29.3 Å². The summed E-state index contributed by atoms with van der Waals surface area (Å²) in [6.45, 7) is 7.08. The number of nitrogens with two attached hydrogens (primary N) is 1. The lowest BCUT2D eigenvalue weighted by Crippen LogP contribution is -2.43. The fourth-order valence-corrected chi connectivity index (χ4v) is 2.53. The van der Waals surface area contributed by atoms with Gasteiger partial charge in [-0.05, 0) is 46.2 Å². The van der Waals surface area contributed by atoms with E-state index in [1.54, 1.807) is 12.3 Å². The van der Waals surface area contributed by atoms with Gasteiger partial charge in [0.25, 0.3) is 0 Å². The molecule has 1 saturated heterocycles. The Balaban J connectivity index is 2.06. The first kappa shape index (κ1) is 13.8. The number of nitrogens with one attached hydrogen (secondary N) is 1. The Morgan fingerprint density at radius 2 is 2.32 bits per heavy atom. The monoisotopic (exact) mass is 262 g/mol. The van der Waals surface area contributed by atoms with Gasteiger partial charge >= 0.3 is 0 Å². The molecule has 0 spiro atoms. The van der Waals surface area contributed by atoms with E-state index >= 15 is 0 Å². The molecule has 1 aromatic rings. The molecule has 1 aliphatic rings. The molecule has 0 aliphatic carbocycles. The highest BCUT2D eigenvalue weighted by Gasteiger charge is 2.32. The summed E-state index contributed by atoms with van der Waals surface area (Å²) in [5.41, 5.74) is 7.85. The molecule has 1 aromatic heterocycles. The predicted octanol–water partition coefficient (Wildman–Crippen LogP) is 1.78. The molecule has 0 radical (unpaired) electrons. The number of likely N-dealkylation sites (tertiary alicyclic amines) is 1. The molecule has 0 aromatic carbocycles. The van der Waals surface area contributed by atoms with E-state index in [-0.39, 0.29) is 11.9 Å². The smallest absolute Gasteiger partial charge is 0.241 e. The number of pyridine rings is 1. The molecule has 3 N–H and O–H groups in total. The van der Waals surface area contributed by atoms with E-state index in [2.05, 4.69) is 29.0 Å². The van der Waals surface area contributed by atoms with Crippen molar-refractivity contribution in [3.8, 4) is 0 Å². The second-order valence-corrected chi connectivity index (χ2v) is 5.38. The third-order valence-electron chi connectivity index (χ3n) is 3.65. The first-order chi connectivity index (χ1) is 8.99. The highest BCUT2D eigenvalue weighted by atomic mass is 16.2. The number of carbonyl (C=O) groups is 1. The van der Waals surface area contributed by atoms with Crippen LogP contribution in [0, 0.1) is 6.92 Å². The molecular formula is C14H22N4O. The molecule has 5 nitrogen and oxygen atoms in total. The van der Waals surface area contributed by atoms with Gasteiger partial charge in [-0.3, -0.25) is 14.7 Å². The Bertz CT molecular complexity index is 473. The second kappa shape index (κ2) is 5.57. The van der Waals surface area contributed by atoms with Crippen molar-refractivity contribution in [3.63, 3.8) is 0 Å². The van der Waals surface area contributed by atoms with Crippen LogP contribution in [0.4, 0.5) is 11.4 Å². The number of hydrogen-bond acceptors (Lipinski definition) is 4. The van der Waals surface area contributed by atoms with Crippen molar-refractivity contribution >= 4 is 17.3 Å². The summed E-state index contributed by atoms with van der Waals surface area (Å²) in [7, 11) is 0. The number of nitrogens with zero attached hydrogens (tertiary/aromatic N) is 2.